The predicted molar refractivity (Wildman–Crippen MR) is 75.5 cm³/mol. The minimum absolute atomic E-state index is 0.0532. The van der Waals surface area contributed by atoms with Gasteiger partial charge in [-0.3, -0.25) is 4.79 Å². The van der Waals surface area contributed by atoms with Gasteiger partial charge in [0.15, 0.2) is 0 Å². The summed E-state index contributed by atoms with van der Waals surface area (Å²) in [6.07, 6.45) is -4.94. The average molecular weight is 401 g/mol. The van der Waals surface area contributed by atoms with Gasteiger partial charge in [-0.05, 0) is 18.2 Å². The minimum atomic E-state index is -4.94. The van der Waals surface area contributed by atoms with Crippen LogP contribution < -0.4 is 0 Å². The Hall–Kier alpha value is -1.13. The maximum Gasteiger partial charge on any atom is 0.471 e. The summed E-state index contributed by atoms with van der Waals surface area (Å²) in [6.45, 7) is -0.912. The number of carbonyl (C=O) groups excluding carboxylic acids is 1. The second kappa shape index (κ2) is 6.17. The maximum absolute atomic E-state index is 12.4. The number of rotatable bonds is 2. The molecule has 0 aromatic heterocycles. The molecule has 1 aliphatic heterocycles. The van der Waals surface area contributed by atoms with Crippen LogP contribution in [-0.4, -0.2) is 55.9 Å². The number of hydrogen-bond donors (Lipinski definition) is 0. The first-order valence-corrected chi connectivity index (χ1v) is 8.47. The Bertz CT molecular complexity index is 670. The zero-order valence-corrected chi connectivity index (χ0v) is 13.6. The fraction of sp³-hybridized carbons (Fsp3) is 0.417. The van der Waals surface area contributed by atoms with Crippen molar-refractivity contribution in [2.45, 2.75) is 11.1 Å². The summed E-state index contributed by atoms with van der Waals surface area (Å²) in [5, 5.41) is 0. The van der Waals surface area contributed by atoms with Crippen LogP contribution in [-0.2, 0) is 14.8 Å². The molecule has 1 amide bonds. The lowest BCUT2D eigenvalue weighted by Crippen LogP contribution is -2.53. The molecule has 1 saturated heterocycles. The van der Waals surface area contributed by atoms with Crippen molar-refractivity contribution in [2.24, 2.45) is 0 Å². The third-order valence-corrected chi connectivity index (χ3v) is 5.59. The van der Waals surface area contributed by atoms with Crippen molar-refractivity contribution >= 4 is 31.9 Å². The summed E-state index contributed by atoms with van der Waals surface area (Å²) in [7, 11) is -3.79. The number of hydrogen-bond acceptors (Lipinski definition) is 3. The van der Waals surface area contributed by atoms with Crippen molar-refractivity contribution in [3.63, 3.8) is 0 Å². The molecule has 1 fully saturated rings. The Morgan fingerprint density at radius 3 is 2.23 bits per heavy atom. The molecular formula is C12H12BrF3N2O3S. The fourth-order valence-electron chi connectivity index (χ4n) is 2.09. The first kappa shape index (κ1) is 17.2. The van der Waals surface area contributed by atoms with Gasteiger partial charge in [0.05, 0.1) is 4.90 Å². The molecule has 0 saturated carbocycles. The number of halogens is 4. The van der Waals surface area contributed by atoms with Crippen molar-refractivity contribution in [2.75, 3.05) is 26.2 Å². The molecule has 1 aliphatic rings. The van der Waals surface area contributed by atoms with E-state index in [-0.39, 0.29) is 31.1 Å². The Morgan fingerprint density at radius 1 is 1.14 bits per heavy atom. The van der Waals surface area contributed by atoms with Crippen LogP contribution in [0.2, 0.25) is 0 Å². The number of piperazine rings is 1. The quantitative estimate of drug-likeness (QED) is 0.760. The second-order valence-electron chi connectivity index (χ2n) is 4.65. The van der Waals surface area contributed by atoms with Crippen LogP contribution in [0, 0.1) is 0 Å². The monoisotopic (exact) mass is 400 g/mol. The molecule has 2 rings (SSSR count). The van der Waals surface area contributed by atoms with Gasteiger partial charge in [-0.25, -0.2) is 8.42 Å². The zero-order chi connectivity index (χ0) is 16.5. The molecule has 0 bridgehead atoms. The smallest absolute Gasteiger partial charge is 0.332 e. The van der Waals surface area contributed by atoms with Crippen LogP contribution in [0.25, 0.3) is 0 Å². The van der Waals surface area contributed by atoms with E-state index in [1.165, 1.54) is 12.1 Å². The highest BCUT2D eigenvalue weighted by Gasteiger charge is 2.44. The first-order chi connectivity index (χ1) is 10.1. The van der Waals surface area contributed by atoms with E-state index in [9.17, 15) is 26.4 Å². The molecule has 0 spiro atoms. The van der Waals surface area contributed by atoms with Gasteiger partial charge in [0.25, 0.3) is 0 Å². The Balaban J connectivity index is 2.10. The highest BCUT2D eigenvalue weighted by atomic mass is 79.9. The van der Waals surface area contributed by atoms with Crippen LogP contribution >= 0.6 is 15.9 Å². The largest absolute Gasteiger partial charge is 0.471 e. The molecule has 1 heterocycles. The summed E-state index contributed by atoms with van der Waals surface area (Å²) in [6, 6.07) is 6.05. The van der Waals surface area contributed by atoms with Crippen molar-refractivity contribution in [1.29, 1.82) is 0 Å². The third-order valence-electron chi connectivity index (χ3n) is 3.20. The molecule has 5 nitrogen and oxygen atoms in total. The van der Waals surface area contributed by atoms with Crippen LogP contribution in [0.4, 0.5) is 13.2 Å². The molecule has 10 heteroatoms. The number of carbonyl (C=O) groups is 1. The Labute approximate surface area is 133 Å². The lowest BCUT2D eigenvalue weighted by atomic mass is 10.3. The average Bonchev–Trinajstić information content (AvgIpc) is 2.45. The van der Waals surface area contributed by atoms with E-state index < -0.39 is 22.1 Å². The van der Waals surface area contributed by atoms with E-state index in [4.69, 9.17) is 0 Å². The highest BCUT2D eigenvalue weighted by Crippen LogP contribution is 2.23. The highest BCUT2D eigenvalue weighted by molar-refractivity contribution is 9.10. The second-order valence-corrected chi connectivity index (χ2v) is 7.51. The van der Waals surface area contributed by atoms with Gasteiger partial charge in [0, 0.05) is 30.7 Å². The molecule has 0 aliphatic carbocycles. The molecule has 0 radical (unpaired) electrons. The number of alkyl halides is 3. The van der Waals surface area contributed by atoms with E-state index in [1.807, 2.05) is 0 Å². The molecule has 22 heavy (non-hydrogen) atoms. The molecule has 1 aromatic carbocycles. The van der Waals surface area contributed by atoms with Crippen molar-refractivity contribution < 1.29 is 26.4 Å². The molecule has 0 N–H and O–H groups in total. The predicted octanol–water partition coefficient (Wildman–Crippen LogP) is 1.84. The van der Waals surface area contributed by atoms with Gasteiger partial charge < -0.3 is 4.90 Å². The normalized spacial score (nSPS) is 17.5. The van der Waals surface area contributed by atoms with Gasteiger partial charge in [-0.1, -0.05) is 22.0 Å². The molecule has 0 unspecified atom stereocenters. The van der Waals surface area contributed by atoms with E-state index in [2.05, 4.69) is 15.9 Å². The molecule has 0 atom stereocenters. The van der Waals surface area contributed by atoms with Crippen LogP contribution in [0.15, 0.2) is 33.6 Å². The molecule has 1 aromatic rings. The van der Waals surface area contributed by atoms with Crippen molar-refractivity contribution in [1.82, 2.24) is 9.21 Å². The van der Waals surface area contributed by atoms with E-state index in [1.54, 1.807) is 12.1 Å². The Morgan fingerprint density at radius 2 is 1.73 bits per heavy atom. The zero-order valence-electron chi connectivity index (χ0n) is 11.2. The minimum Gasteiger partial charge on any atom is -0.332 e. The van der Waals surface area contributed by atoms with Gasteiger partial charge in [-0.2, -0.15) is 17.5 Å². The van der Waals surface area contributed by atoms with E-state index in [0.717, 1.165) is 4.31 Å². The summed E-state index contributed by atoms with van der Waals surface area (Å²) in [5.41, 5.74) is 0. The van der Waals surface area contributed by atoms with Crippen LogP contribution in [0.3, 0.4) is 0 Å². The lowest BCUT2D eigenvalue weighted by Gasteiger charge is -2.34. The van der Waals surface area contributed by atoms with Crippen molar-refractivity contribution in [3.05, 3.63) is 28.7 Å². The molecule has 122 valence electrons. The third kappa shape index (κ3) is 3.61. The summed E-state index contributed by atoms with van der Waals surface area (Å²) in [4.78, 5) is 11.8. The van der Waals surface area contributed by atoms with Crippen LogP contribution in [0.1, 0.15) is 0 Å². The Kier molecular flexibility index (Phi) is 4.83. The van der Waals surface area contributed by atoms with E-state index in [0.29, 0.717) is 9.37 Å². The summed E-state index contributed by atoms with van der Waals surface area (Å²) < 4.78 is 63.5. The topological polar surface area (TPSA) is 57.7 Å². The van der Waals surface area contributed by atoms with Gasteiger partial charge >= 0.3 is 12.1 Å². The van der Waals surface area contributed by atoms with Gasteiger partial charge in [-0.15, -0.1) is 0 Å². The van der Waals surface area contributed by atoms with E-state index >= 15 is 0 Å². The summed E-state index contributed by atoms with van der Waals surface area (Å²) in [5.74, 6) is -1.94. The van der Waals surface area contributed by atoms with Gasteiger partial charge in [0.1, 0.15) is 0 Å². The fourth-order valence-corrected chi connectivity index (χ4v) is 4.11. The number of benzene rings is 1. The summed E-state index contributed by atoms with van der Waals surface area (Å²) >= 11 is 3.17. The van der Waals surface area contributed by atoms with Crippen LogP contribution in [0.5, 0.6) is 0 Å². The number of amides is 1. The van der Waals surface area contributed by atoms with Gasteiger partial charge in [0.2, 0.25) is 10.0 Å². The molecular weight excluding hydrogens is 389 g/mol. The SMILES string of the molecule is O=C(N1CCN(S(=O)(=O)c2cccc(Br)c2)CC1)C(F)(F)F. The number of sulfonamides is 1. The maximum atomic E-state index is 12.4. The standard InChI is InChI=1S/C12H12BrF3N2O3S/c13-9-2-1-3-10(8-9)22(20,21)18-6-4-17(5-7-18)11(19)12(14,15)16/h1-3,8H,4-7H2. The lowest BCUT2D eigenvalue weighted by molar-refractivity contribution is -0.186. The number of nitrogens with zero attached hydrogens (tertiary/aromatic N) is 2. The first-order valence-electron chi connectivity index (χ1n) is 6.24. The van der Waals surface area contributed by atoms with Crippen molar-refractivity contribution in [3.8, 4) is 0 Å².